The molecule has 182 valence electrons. The summed E-state index contributed by atoms with van der Waals surface area (Å²) in [6.45, 7) is 5.36. The maximum absolute atomic E-state index is 12.8. The van der Waals surface area contributed by atoms with Gasteiger partial charge in [-0.05, 0) is 42.9 Å². The van der Waals surface area contributed by atoms with Gasteiger partial charge in [-0.15, -0.1) is 11.3 Å². The molecule has 1 aromatic carbocycles. The fourth-order valence-electron chi connectivity index (χ4n) is 4.34. The summed E-state index contributed by atoms with van der Waals surface area (Å²) in [5, 5.41) is 7.56. The molecule has 1 aliphatic rings. The van der Waals surface area contributed by atoms with Gasteiger partial charge < -0.3 is 24.8 Å². The Hall–Kier alpha value is -3.07. The highest BCUT2D eigenvalue weighted by molar-refractivity contribution is 7.19. The van der Waals surface area contributed by atoms with E-state index in [1.165, 1.54) is 38.2 Å². The predicted molar refractivity (Wildman–Crippen MR) is 135 cm³/mol. The van der Waals surface area contributed by atoms with Gasteiger partial charge in [-0.25, -0.2) is 9.97 Å². The first-order valence-electron chi connectivity index (χ1n) is 11.6. The first kappa shape index (κ1) is 24.1. The van der Waals surface area contributed by atoms with Crippen molar-refractivity contribution in [1.29, 1.82) is 0 Å². The zero-order valence-corrected chi connectivity index (χ0v) is 21.2. The standard InChI is InChI=1S/C25H32N4O4S/c1-6-20-28-23(21-16-8-7-14(2)11-19(16)34-25(21)29-20)26-9-10-27-24(30)15-12-17(31-3)22(33-5)18(13-15)32-4/h12-14H,6-11H2,1-5H3,(H,27,30)(H,26,28,29)/t14-/m1/s1. The van der Waals surface area contributed by atoms with Crippen molar-refractivity contribution in [3.8, 4) is 17.2 Å². The minimum atomic E-state index is -0.218. The van der Waals surface area contributed by atoms with E-state index in [1.807, 2.05) is 0 Å². The Bertz CT molecular complexity index is 1170. The number of amides is 1. The van der Waals surface area contributed by atoms with E-state index in [0.717, 1.165) is 41.1 Å². The Morgan fingerprint density at radius 3 is 2.50 bits per heavy atom. The number of aromatic nitrogens is 2. The molecule has 2 heterocycles. The van der Waals surface area contributed by atoms with Gasteiger partial charge >= 0.3 is 0 Å². The second-order valence-electron chi connectivity index (χ2n) is 8.47. The third kappa shape index (κ3) is 4.75. The van der Waals surface area contributed by atoms with Gasteiger partial charge in [0.25, 0.3) is 5.91 Å². The van der Waals surface area contributed by atoms with Crippen molar-refractivity contribution in [2.45, 2.75) is 39.5 Å². The molecule has 1 atom stereocenters. The summed E-state index contributed by atoms with van der Waals surface area (Å²) in [5.74, 6) is 3.54. The maximum atomic E-state index is 12.8. The van der Waals surface area contributed by atoms with Crippen molar-refractivity contribution >= 4 is 33.3 Å². The molecule has 34 heavy (non-hydrogen) atoms. The topological polar surface area (TPSA) is 94.6 Å². The van der Waals surface area contributed by atoms with Crippen LogP contribution in [0.4, 0.5) is 5.82 Å². The first-order chi connectivity index (χ1) is 16.5. The molecule has 2 aromatic heterocycles. The predicted octanol–water partition coefficient (Wildman–Crippen LogP) is 4.25. The third-order valence-corrected chi connectivity index (χ3v) is 7.30. The van der Waals surface area contributed by atoms with E-state index in [1.54, 1.807) is 23.5 Å². The van der Waals surface area contributed by atoms with Crippen LogP contribution in [0.5, 0.6) is 17.2 Å². The summed E-state index contributed by atoms with van der Waals surface area (Å²) in [6, 6.07) is 3.29. The van der Waals surface area contributed by atoms with Crippen LogP contribution in [0.25, 0.3) is 10.2 Å². The number of aryl methyl sites for hydroxylation is 2. The first-order valence-corrected chi connectivity index (χ1v) is 12.4. The van der Waals surface area contributed by atoms with E-state index in [-0.39, 0.29) is 5.91 Å². The number of methoxy groups -OCH3 is 3. The van der Waals surface area contributed by atoms with Gasteiger partial charge in [0.1, 0.15) is 16.5 Å². The molecule has 1 aliphatic carbocycles. The van der Waals surface area contributed by atoms with Crippen LogP contribution in [-0.4, -0.2) is 50.3 Å². The summed E-state index contributed by atoms with van der Waals surface area (Å²) < 4.78 is 16.0. The molecular weight excluding hydrogens is 452 g/mol. The number of carbonyl (C=O) groups excluding carboxylic acids is 1. The Balaban J connectivity index is 1.47. The Labute approximate surface area is 204 Å². The third-order valence-electron chi connectivity index (χ3n) is 6.15. The van der Waals surface area contributed by atoms with Crippen molar-refractivity contribution in [3.63, 3.8) is 0 Å². The number of hydrogen-bond acceptors (Lipinski definition) is 8. The molecule has 9 heteroatoms. The molecule has 0 fully saturated rings. The number of hydrogen-bond donors (Lipinski definition) is 2. The van der Waals surface area contributed by atoms with Crippen molar-refractivity contribution in [2.75, 3.05) is 39.7 Å². The molecule has 8 nitrogen and oxygen atoms in total. The lowest BCUT2D eigenvalue weighted by molar-refractivity contribution is 0.0954. The van der Waals surface area contributed by atoms with Crippen molar-refractivity contribution in [1.82, 2.24) is 15.3 Å². The number of nitrogens with one attached hydrogen (secondary N) is 2. The molecule has 0 radical (unpaired) electrons. The lowest BCUT2D eigenvalue weighted by Crippen LogP contribution is -2.29. The summed E-state index contributed by atoms with van der Waals surface area (Å²) in [4.78, 5) is 24.8. The van der Waals surface area contributed by atoms with Gasteiger partial charge in [0.15, 0.2) is 11.5 Å². The zero-order valence-electron chi connectivity index (χ0n) is 20.4. The van der Waals surface area contributed by atoms with Gasteiger partial charge in [0.2, 0.25) is 5.75 Å². The molecule has 0 spiro atoms. The SMILES string of the molecule is CCc1nc(NCCNC(=O)c2cc(OC)c(OC)c(OC)c2)c2c3c(sc2n1)C[C@H](C)CC3. The normalized spacial score (nSPS) is 15.0. The van der Waals surface area contributed by atoms with Crippen molar-refractivity contribution in [2.24, 2.45) is 5.92 Å². The van der Waals surface area contributed by atoms with Crippen LogP contribution in [0.3, 0.4) is 0 Å². The average molecular weight is 485 g/mol. The number of rotatable bonds is 9. The number of nitrogens with zero attached hydrogens (tertiary/aromatic N) is 2. The zero-order chi connectivity index (χ0) is 24.2. The molecule has 0 saturated carbocycles. The van der Waals surface area contributed by atoms with E-state index in [4.69, 9.17) is 24.2 Å². The molecule has 1 amide bonds. The van der Waals surface area contributed by atoms with E-state index < -0.39 is 0 Å². The number of ether oxygens (including phenoxy) is 3. The summed E-state index contributed by atoms with van der Waals surface area (Å²) in [6.07, 6.45) is 4.15. The maximum Gasteiger partial charge on any atom is 0.251 e. The van der Waals surface area contributed by atoms with Crippen LogP contribution in [0, 0.1) is 5.92 Å². The fraction of sp³-hybridized carbons (Fsp3) is 0.480. The number of benzene rings is 1. The van der Waals surface area contributed by atoms with E-state index in [2.05, 4.69) is 24.5 Å². The Kier molecular flexibility index (Phi) is 7.41. The van der Waals surface area contributed by atoms with E-state index >= 15 is 0 Å². The molecule has 0 saturated heterocycles. The lowest BCUT2D eigenvalue weighted by atomic mass is 9.89. The van der Waals surface area contributed by atoms with E-state index in [0.29, 0.717) is 41.8 Å². The highest BCUT2D eigenvalue weighted by Crippen LogP contribution is 2.40. The highest BCUT2D eigenvalue weighted by atomic mass is 32.1. The number of anilines is 1. The van der Waals surface area contributed by atoms with Crippen molar-refractivity contribution < 1.29 is 19.0 Å². The van der Waals surface area contributed by atoms with Crippen LogP contribution in [0.2, 0.25) is 0 Å². The van der Waals surface area contributed by atoms with E-state index in [9.17, 15) is 4.79 Å². The molecule has 0 aliphatic heterocycles. The minimum absolute atomic E-state index is 0.218. The Morgan fingerprint density at radius 1 is 1.12 bits per heavy atom. The summed E-state index contributed by atoms with van der Waals surface area (Å²) in [5.41, 5.74) is 1.83. The Morgan fingerprint density at radius 2 is 1.85 bits per heavy atom. The van der Waals surface area contributed by atoms with Gasteiger partial charge in [-0.3, -0.25) is 4.79 Å². The van der Waals surface area contributed by atoms with Gasteiger partial charge in [-0.1, -0.05) is 13.8 Å². The van der Waals surface area contributed by atoms with Crippen LogP contribution < -0.4 is 24.8 Å². The lowest BCUT2D eigenvalue weighted by Gasteiger charge is -2.18. The highest BCUT2D eigenvalue weighted by Gasteiger charge is 2.24. The second kappa shape index (κ2) is 10.5. The molecule has 4 rings (SSSR count). The molecule has 3 aromatic rings. The van der Waals surface area contributed by atoms with Crippen LogP contribution in [-0.2, 0) is 19.3 Å². The van der Waals surface area contributed by atoms with Gasteiger partial charge in [0, 0.05) is 30.0 Å². The fourth-order valence-corrected chi connectivity index (χ4v) is 5.75. The number of fused-ring (bicyclic) bond motifs is 3. The molecule has 0 bridgehead atoms. The minimum Gasteiger partial charge on any atom is -0.493 e. The van der Waals surface area contributed by atoms with Crippen LogP contribution >= 0.6 is 11.3 Å². The van der Waals surface area contributed by atoms with Crippen LogP contribution in [0.15, 0.2) is 12.1 Å². The molecule has 2 N–H and O–H groups in total. The quantitative estimate of drug-likeness (QED) is 0.439. The molecular formula is C25H32N4O4S. The number of carbonyl (C=O) groups is 1. The second-order valence-corrected chi connectivity index (χ2v) is 9.55. The monoisotopic (exact) mass is 484 g/mol. The summed E-state index contributed by atoms with van der Waals surface area (Å²) >= 11 is 1.80. The largest absolute Gasteiger partial charge is 0.493 e. The van der Waals surface area contributed by atoms with Crippen LogP contribution in [0.1, 0.15) is 46.9 Å². The average Bonchev–Trinajstić information content (AvgIpc) is 3.22. The number of thiophene rings is 1. The smallest absolute Gasteiger partial charge is 0.251 e. The summed E-state index contributed by atoms with van der Waals surface area (Å²) in [7, 11) is 4.59. The molecule has 0 unspecified atom stereocenters. The van der Waals surface area contributed by atoms with Gasteiger partial charge in [-0.2, -0.15) is 0 Å². The van der Waals surface area contributed by atoms with Crippen molar-refractivity contribution in [3.05, 3.63) is 34.0 Å². The van der Waals surface area contributed by atoms with Gasteiger partial charge in [0.05, 0.1) is 26.7 Å².